The first-order valence-electron chi connectivity index (χ1n) is 37.8. The quantitative estimate of drug-likeness (QED) is 0.0681. The summed E-state index contributed by atoms with van der Waals surface area (Å²) < 4.78 is 9.34. The van der Waals surface area contributed by atoms with Gasteiger partial charge in [-0.3, -0.25) is 73.1 Å². The third-order valence-corrected chi connectivity index (χ3v) is 21.1. The van der Waals surface area contributed by atoms with Crippen molar-refractivity contribution in [1.82, 2.24) is 49.8 Å². The van der Waals surface area contributed by atoms with Gasteiger partial charge >= 0.3 is 11.9 Å². The summed E-state index contributed by atoms with van der Waals surface area (Å²) in [6.07, 6.45) is 2.66. The molecular formula is C88H107Cl2N13O8. The zero-order valence-corrected chi connectivity index (χ0v) is 65.4. The molecule has 0 aromatic heterocycles. The van der Waals surface area contributed by atoms with Gasteiger partial charge < -0.3 is 29.9 Å². The molecule has 2 N–H and O–H groups in total. The summed E-state index contributed by atoms with van der Waals surface area (Å²) in [5.74, 6) is 0.763. The number of nitrogens with zero attached hydrogens (tertiary/aromatic N) is 11. The van der Waals surface area contributed by atoms with Crippen molar-refractivity contribution >= 4 is 78.0 Å². The van der Waals surface area contributed by atoms with E-state index >= 15 is 0 Å². The number of amides is 2. The van der Waals surface area contributed by atoms with E-state index in [1.165, 1.54) is 81.2 Å². The zero-order chi connectivity index (χ0) is 75.3. The van der Waals surface area contributed by atoms with Crippen molar-refractivity contribution in [3.63, 3.8) is 0 Å². The lowest BCUT2D eigenvalue weighted by atomic mass is 9.96. The number of Topliss-reactive ketones (excluding diaryl/α,β-unsaturated/α-hetero) is 2. The average Bonchev–Trinajstić information content (AvgIpc) is 1.73. The number of guanidine groups is 3. The minimum atomic E-state index is -0.618. The largest absolute Gasteiger partial charge is 0.468 e. The Kier molecular flexibility index (Phi) is 31.9. The van der Waals surface area contributed by atoms with E-state index in [-0.39, 0.29) is 55.6 Å². The van der Waals surface area contributed by atoms with Crippen LogP contribution < -0.4 is 10.6 Å². The van der Waals surface area contributed by atoms with Crippen LogP contribution in [0.5, 0.6) is 0 Å². The van der Waals surface area contributed by atoms with Crippen LogP contribution >= 0.6 is 24.8 Å². The van der Waals surface area contributed by atoms with E-state index in [1.54, 1.807) is 0 Å². The number of halogens is 2. The van der Waals surface area contributed by atoms with Crippen molar-refractivity contribution in [2.45, 2.75) is 99.7 Å². The summed E-state index contributed by atoms with van der Waals surface area (Å²) in [5, 5.41) is 6.46. The summed E-state index contributed by atoms with van der Waals surface area (Å²) in [6, 6.07) is 66.1. The normalized spacial score (nSPS) is 18.7. The smallest absolute Gasteiger partial charge is 0.317 e. The molecule has 9 aliphatic rings. The summed E-state index contributed by atoms with van der Waals surface area (Å²) in [5.41, 5.74) is 16.6. The highest BCUT2D eigenvalue weighted by atomic mass is 35.5. The van der Waals surface area contributed by atoms with Gasteiger partial charge in [-0.15, -0.1) is 24.8 Å². The maximum atomic E-state index is 13.5. The number of hydrogen-bond donors (Lipinski definition) is 2. The number of ether oxygens (including phenoxy) is 2. The number of fused-ring (bicyclic) bond motifs is 4. The summed E-state index contributed by atoms with van der Waals surface area (Å²) in [7, 11) is 2.65. The number of carbonyl (C=O) groups is 6. The maximum absolute atomic E-state index is 13.5. The first kappa shape index (κ1) is 84.9. The second-order valence-electron chi connectivity index (χ2n) is 28.5. The van der Waals surface area contributed by atoms with Gasteiger partial charge in [-0.1, -0.05) is 202 Å². The predicted molar refractivity (Wildman–Crippen MR) is 441 cm³/mol. The fourth-order valence-corrected chi connectivity index (χ4v) is 15.1. The highest BCUT2D eigenvalue weighted by Crippen LogP contribution is 2.35. The zero-order valence-electron chi connectivity index (χ0n) is 63.8. The van der Waals surface area contributed by atoms with Crippen LogP contribution in [0.4, 0.5) is 0 Å². The molecule has 2 atom stereocenters. The van der Waals surface area contributed by atoms with E-state index in [1.807, 2.05) is 107 Å². The Morgan fingerprint density at radius 3 is 1.12 bits per heavy atom. The first-order valence-corrected chi connectivity index (χ1v) is 37.8. The third-order valence-electron chi connectivity index (χ3n) is 21.1. The molecule has 0 bridgehead atoms. The minimum absolute atomic E-state index is 0. The van der Waals surface area contributed by atoms with Crippen LogP contribution in [0.1, 0.15) is 88.7 Å². The molecule has 7 aromatic carbocycles. The molecule has 2 unspecified atom stereocenters. The van der Waals surface area contributed by atoms with E-state index in [0.29, 0.717) is 65.2 Å². The van der Waals surface area contributed by atoms with Gasteiger partial charge in [0.15, 0.2) is 5.96 Å². The van der Waals surface area contributed by atoms with Crippen molar-refractivity contribution in [3.8, 4) is 0 Å². The number of nitrogens with one attached hydrogen (secondary N) is 2. The van der Waals surface area contributed by atoms with Gasteiger partial charge in [0.25, 0.3) is 11.8 Å². The number of ketones is 2. The molecule has 586 valence electrons. The van der Waals surface area contributed by atoms with E-state index in [9.17, 15) is 28.8 Å². The second-order valence-corrected chi connectivity index (χ2v) is 28.5. The Labute approximate surface area is 667 Å². The van der Waals surface area contributed by atoms with Crippen LogP contribution in [-0.2, 0) is 84.1 Å². The number of aliphatic imine (C=N–C) groups is 3. The Morgan fingerprint density at radius 2 is 0.766 bits per heavy atom. The number of esters is 2. The van der Waals surface area contributed by atoms with Crippen LogP contribution in [0.2, 0.25) is 0 Å². The molecule has 0 radical (unpaired) electrons. The van der Waals surface area contributed by atoms with Gasteiger partial charge in [-0.25, -0.2) is 0 Å². The Bertz CT molecular complexity index is 4200. The molecule has 23 heteroatoms. The number of methoxy groups -OCH3 is 2. The van der Waals surface area contributed by atoms with E-state index in [2.05, 4.69) is 172 Å². The topological polar surface area (TPSA) is 208 Å². The molecule has 2 saturated heterocycles. The standard InChI is InChI=1S/2C24H26N4O.2C14H17NO3.C11H15N3.CH4.2ClH/c2*1-18-7-5-6-10-20(18)16-28-23(29)21-17-26(15-19-8-3-2-4-9-19)13-11-22(21)27-14-12-25-24(27)28;2*1-18-14(17)12-10-15(8-7-13(12)16)9-11-5-3-2-4-6-11;1-9-4-2-3-5-10(9)8-14-11-12-6-7-13-11;;;/h2*2-10H,11-17H2,1H3;2*2-6,12H,7-10H2,1H3;2-5H,6-8H2,1H3,(H2,12,13,14);1H4;2*1H. The van der Waals surface area contributed by atoms with Gasteiger partial charge in [0.2, 0.25) is 11.9 Å². The van der Waals surface area contributed by atoms with Crippen LogP contribution in [0.3, 0.4) is 0 Å². The third kappa shape index (κ3) is 22.4. The lowest BCUT2D eigenvalue weighted by molar-refractivity contribution is -0.153. The molecule has 0 saturated carbocycles. The number of likely N-dealkylation sites (tertiary alicyclic amines) is 2. The van der Waals surface area contributed by atoms with E-state index in [0.717, 1.165) is 127 Å². The average molecular weight is 1550 g/mol. The Hall–Kier alpha value is -10.1. The van der Waals surface area contributed by atoms with E-state index < -0.39 is 23.8 Å². The number of piperidine rings is 2. The van der Waals surface area contributed by atoms with Crippen LogP contribution in [0.25, 0.3) is 0 Å². The fraction of sp³-hybridized carbons (Fsp3) is 0.375. The molecule has 2 fully saturated rings. The fourth-order valence-electron chi connectivity index (χ4n) is 15.1. The minimum Gasteiger partial charge on any atom is -0.468 e. The van der Waals surface area contributed by atoms with Crippen molar-refractivity contribution < 1.29 is 38.2 Å². The number of carbonyl (C=O) groups excluding carboxylic acids is 6. The molecule has 111 heavy (non-hydrogen) atoms. The van der Waals surface area contributed by atoms with Crippen LogP contribution in [0, 0.1) is 32.6 Å². The second kappa shape index (κ2) is 41.8. The van der Waals surface area contributed by atoms with Gasteiger partial charge in [0.1, 0.15) is 23.4 Å². The van der Waals surface area contributed by atoms with Crippen molar-refractivity contribution in [2.75, 3.05) is 106 Å². The van der Waals surface area contributed by atoms with Crippen LogP contribution in [-0.4, -0.2) is 198 Å². The highest BCUT2D eigenvalue weighted by molar-refractivity contribution is 6.11. The number of benzene rings is 7. The number of rotatable bonds is 16. The molecular weight excluding hydrogens is 1440 g/mol. The van der Waals surface area contributed by atoms with Crippen LogP contribution in [0.15, 0.2) is 232 Å². The molecule has 16 rings (SSSR count). The van der Waals surface area contributed by atoms with Gasteiger partial charge in [0.05, 0.1) is 58.1 Å². The summed E-state index contributed by atoms with van der Waals surface area (Å²) >= 11 is 0. The number of hydrogen-bond acceptors (Lipinski definition) is 19. The van der Waals surface area contributed by atoms with E-state index in [4.69, 9.17) is 9.98 Å². The summed E-state index contributed by atoms with van der Waals surface area (Å²) in [4.78, 5) is 104. The van der Waals surface area contributed by atoms with Crippen molar-refractivity contribution in [1.29, 1.82) is 0 Å². The Balaban J connectivity index is 0.000000163. The molecule has 2 amide bonds. The first-order chi connectivity index (χ1) is 52.7. The molecule has 21 nitrogen and oxygen atoms in total. The molecule has 7 aromatic rings. The van der Waals surface area contributed by atoms with Gasteiger partial charge in [-0.2, -0.15) is 0 Å². The lowest BCUT2D eigenvalue weighted by Gasteiger charge is -2.42. The monoisotopic (exact) mass is 1540 g/mol. The molecule has 0 spiro atoms. The lowest BCUT2D eigenvalue weighted by Crippen LogP contribution is -2.53. The SMILES string of the molecule is C.COC(=O)C1CN(Cc2ccccc2)CCC1=O.COC(=O)C1CN(Cc2ccccc2)CCC1=O.Cc1ccccc1CN1C(=O)C2=C(CCN(Cc3ccccc3)C2)N2CCN=C12.Cc1ccccc1CN1C(=O)C2=C(CCN(Cc3ccccc3)C2)N2CCN=C12.Cc1ccccc1CNC1=NCCN1.Cl.Cl. The van der Waals surface area contributed by atoms with Crippen molar-refractivity contribution in [3.05, 3.63) is 272 Å². The maximum Gasteiger partial charge on any atom is 0.317 e. The highest BCUT2D eigenvalue weighted by Gasteiger charge is 2.43. The van der Waals surface area contributed by atoms with Crippen molar-refractivity contribution in [2.24, 2.45) is 26.8 Å². The molecule has 9 aliphatic heterocycles. The summed E-state index contributed by atoms with van der Waals surface area (Å²) in [6.45, 7) is 22.4. The van der Waals surface area contributed by atoms with Gasteiger partial charge in [-0.05, 0) is 76.4 Å². The predicted octanol–water partition coefficient (Wildman–Crippen LogP) is 11.4. The Morgan fingerprint density at radius 1 is 0.423 bits per heavy atom. The molecule has 9 heterocycles. The number of aryl methyl sites for hydroxylation is 3. The van der Waals surface area contributed by atoms with Gasteiger partial charge in [0, 0.05) is 142 Å². The molecule has 0 aliphatic carbocycles.